The molecule has 3 N–H and O–H groups in total. The van der Waals surface area contributed by atoms with Gasteiger partial charge in [-0.15, -0.1) is 0 Å². The maximum absolute atomic E-state index is 13.7. The molecule has 3 rings (SSSR count). The summed E-state index contributed by atoms with van der Waals surface area (Å²) < 4.78 is 40.9. The highest BCUT2D eigenvalue weighted by Gasteiger charge is 2.23. The summed E-state index contributed by atoms with van der Waals surface area (Å²) in [6, 6.07) is 11.4. The van der Waals surface area contributed by atoms with Gasteiger partial charge in [-0.25, -0.2) is 12.8 Å². The van der Waals surface area contributed by atoms with E-state index in [1.165, 1.54) is 42.5 Å². The van der Waals surface area contributed by atoms with Crippen LogP contribution >= 0.6 is 0 Å². The maximum atomic E-state index is 13.7. The van der Waals surface area contributed by atoms with Gasteiger partial charge in [0.05, 0.1) is 30.2 Å². The minimum absolute atomic E-state index is 0.0335. The summed E-state index contributed by atoms with van der Waals surface area (Å²) in [6.45, 7) is 5.45. The van der Waals surface area contributed by atoms with Gasteiger partial charge < -0.3 is 10.2 Å². The largest absolute Gasteiger partial charge is 0.349 e. The monoisotopic (exact) mass is 420 g/mol. The predicted octanol–water partition coefficient (Wildman–Crippen LogP) is 1.81. The van der Waals surface area contributed by atoms with Crippen molar-refractivity contribution < 1.29 is 22.5 Å². The highest BCUT2D eigenvalue weighted by atomic mass is 32.2. The molecular weight excluding hydrogens is 393 g/mol. The zero-order valence-electron chi connectivity index (χ0n) is 16.4. The third-order valence-corrected chi connectivity index (χ3v) is 6.56. The quantitative estimate of drug-likeness (QED) is 0.639. The van der Waals surface area contributed by atoms with Gasteiger partial charge in [0, 0.05) is 24.4 Å². The molecule has 0 bridgehead atoms. The summed E-state index contributed by atoms with van der Waals surface area (Å²) >= 11 is 0. The molecule has 8 heteroatoms. The fraction of sp³-hybridized carbons (Fsp3) is 0.381. The molecule has 1 heterocycles. The van der Waals surface area contributed by atoms with Gasteiger partial charge in [0.1, 0.15) is 5.82 Å². The second-order valence-electron chi connectivity index (χ2n) is 7.36. The number of para-hydroxylation sites is 1. The van der Waals surface area contributed by atoms with Crippen LogP contribution in [0, 0.1) is 5.82 Å². The molecule has 0 atom stereocenters. The lowest BCUT2D eigenvalue weighted by atomic mass is 10.0. The Morgan fingerprint density at radius 3 is 2.38 bits per heavy atom. The average Bonchev–Trinajstić information content (AvgIpc) is 2.71. The number of benzene rings is 2. The molecule has 0 radical (unpaired) electrons. The summed E-state index contributed by atoms with van der Waals surface area (Å²) in [7, 11) is -3.94. The summed E-state index contributed by atoms with van der Waals surface area (Å²) in [5, 5.41) is 3.04. The second kappa shape index (κ2) is 9.37. The third kappa shape index (κ3) is 5.55. The lowest BCUT2D eigenvalue weighted by Gasteiger charge is -2.29. The first-order chi connectivity index (χ1) is 13.9. The van der Waals surface area contributed by atoms with Crippen molar-refractivity contribution in [3.05, 3.63) is 59.9 Å². The Labute approximate surface area is 171 Å². The molecular formula is C21H27FN3O3S+. The number of carbonyl (C=O) groups is 1. The van der Waals surface area contributed by atoms with E-state index < -0.39 is 15.8 Å². The Morgan fingerprint density at radius 1 is 1.10 bits per heavy atom. The van der Waals surface area contributed by atoms with Gasteiger partial charge in [-0.3, -0.25) is 9.52 Å². The molecule has 0 aromatic heterocycles. The molecule has 1 amide bonds. The van der Waals surface area contributed by atoms with Crippen LogP contribution in [0.4, 0.5) is 10.1 Å². The van der Waals surface area contributed by atoms with E-state index in [-0.39, 0.29) is 22.5 Å². The number of carbonyl (C=O) groups excluding carboxylic acids is 1. The fourth-order valence-electron chi connectivity index (χ4n) is 3.58. The van der Waals surface area contributed by atoms with Gasteiger partial charge in [-0.1, -0.05) is 19.1 Å². The average molecular weight is 421 g/mol. The molecule has 29 heavy (non-hydrogen) atoms. The van der Waals surface area contributed by atoms with E-state index in [0.717, 1.165) is 38.9 Å². The summed E-state index contributed by atoms with van der Waals surface area (Å²) in [4.78, 5) is 14.0. The Hall–Kier alpha value is -2.45. The van der Waals surface area contributed by atoms with Crippen LogP contribution in [0.15, 0.2) is 53.4 Å². The summed E-state index contributed by atoms with van der Waals surface area (Å²) in [5.74, 6) is -0.862. The lowest BCUT2D eigenvalue weighted by molar-refractivity contribution is -0.905. The lowest BCUT2D eigenvalue weighted by Crippen LogP contribution is -3.13. The SMILES string of the molecule is CCC[NH+]1CCC(NC(=O)c2ccc(S(=O)(=O)Nc3ccccc3F)cc2)CC1. The van der Waals surface area contributed by atoms with Crippen molar-refractivity contribution in [2.45, 2.75) is 37.1 Å². The van der Waals surface area contributed by atoms with E-state index in [1.54, 1.807) is 11.0 Å². The molecule has 6 nitrogen and oxygen atoms in total. The van der Waals surface area contributed by atoms with Crippen LogP contribution in [0.1, 0.15) is 36.5 Å². The Morgan fingerprint density at radius 2 is 1.76 bits per heavy atom. The molecule has 2 aromatic rings. The first kappa shape index (κ1) is 21.3. The van der Waals surface area contributed by atoms with Crippen LogP contribution in [0.2, 0.25) is 0 Å². The number of nitrogens with one attached hydrogen (secondary N) is 3. The molecule has 1 aliphatic rings. The molecule has 2 aromatic carbocycles. The van der Waals surface area contributed by atoms with Crippen molar-refractivity contribution in [1.82, 2.24) is 5.32 Å². The maximum Gasteiger partial charge on any atom is 0.261 e. The second-order valence-corrected chi connectivity index (χ2v) is 9.04. The van der Waals surface area contributed by atoms with Gasteiger partial charge in [0.15, 0.2) is 0 Å². The number of likely N-dealkylation sites (tertiary alicyclic amines) is 1. The summed E-state index contributed by atoms with van der Waals surface area (Å²) in [5.41, 5.74) is 0.282. The standard InChI is InChI=1S/C21H26FN3O3S/c1-2-13-25-14-11-17(12-15-25)23-21(26)16-7-9-18(10-8-16)29(27,28)24-20-6-4-3-5-19(20)22/h3-10,17,24H,2,11-15H2,1H3,(H,23,26)/p+1. The van der Waals surface area contributed by atoms with E-state index in [9.17, 15) is 17.6 Å². The van der Waals surface area contributed by atoms with E-state index in [4.69, 9.17) is 0 Å². The number of quaternary nitrogens is 1. The van der Waals surface area contributed by atoms with Crippen molar-refractivity contribution in [3.8, 4) is 0 Å². The number of hydrogen-bond donors (Lipinski definition) is 3. The van der Waals surface area contributed by atoms with E-state index in [0.29, 0.717) is 5.56 Å². The van der Waals surface area contributed by atoms with Gasteiger partial charge in [-0.2, -0.15) is 0 Å². The first-order valence-corrected chi connectivity index (χ1v) is 11.4. The first-order valence-electron chi connectivity index (χ1n) is 9.91. The number of piperidine rings is 1. The molecule has 1 saturated heterocycles. The number of anilines is 1. The van der Waals surface area contributed by atoms with Crippen molar-refractivity contribution in [1.29, 1.82) is 0 Å². The van der Waals surface area contributed by atoms with Gasteiger partial charge in [0.2, 0.25) is 0 Å². The Bertz CT molecular complexity index is 940. The molecule has 0 saturated carbocycles. The zero-order chi connectivity index (χ0) is 20.9. The van der Waals surface area contributed by atoms with Crippen LogP contribution in [-0.4, -0.2) is 40.0 Å². The van der Waals surface area contributed by atoms with Crippen molar-refractivity contribution in [3.63, 3.8) is 0 Å². The number of hydrogen-bond acceptors (Lipinski definition) is 3. The van der Waals surface area contributed by atoms with Crippen LogP contribution in [-0.2, 0) is 10.0 Å². The van der Waals surface area contributed by atoms with Crippen molar-refractivity contribution in [2.75, 3.05) is 24.4 Å². The number of amides is 1. The topological polar surface area (TPSA) is 79.7 Å². The van der Waals surface area contributed by atoms with E-state index in [1.807, 2.05) is 0 Å². The Kier molecular flexibility index (Phi) is 6.87. The molecule has 0 aliphatic carbocycles. The molecule has 1 fully saturated rings. The van der Waals surface area contributed by atoms with Crippen molar-refractivity contribution in [2.24, 2.45) is 0 Å². The van der Waals surface area contributed by atoms with Gasteiger partial charge >= 0.3 is 0 Å². The highest BCUT2D eigenvalue weighted by Crippen LogP contribution is 2.19. The van der Waals surface area contributed by atoms with Crippen LogP contribution in [0.3, 0.4) is 0 Å². The number of sulfonamides is 1. The zero-order valence-corrected chi connectivity index (χ0v) is 17.3. The highest BCUT2D eigenvalue weighted by molar-refractivity contribution is 7.92. The van der Waals surface area contributed by atoms with Crippen molar-refractivity contribution >= 4 is 21.6 Å². The molecule has 156 valence electrons. The third-order valence-electron chi connectivity index (χ3n) is 5.18. The number of halogens is 1. The van der Waals surface area contributed by atoms with Crippen LogP contribution in [0.5, 0.6) is 0 Å². The van der Waals surface area contributed by atoms with Gasteiger partial charge in [-0.05, 0) is 42.8 Å². The fourth-order valence-corrected chi connectivity index (χ4v) is 4.64. The van der Waals surface area contributed by atoms with Crippen LogP contribution in [0.25, 0.3) is 0 Å². The van der Waals surface area contributed by atoms with E-state index in [2.05, 4.69) is 17.0 Å². The summed E-state index contributed by atoms with van der Waals surface area (Å²) in [6.07, 6.45) is 3.05. The smallest absolute Gasteiger partial charge is 0.261 e. The molecule has 0 spiro atoms. The van der Waals surface area contributed by atoms with Gasteiger partial charge in [0.25, 0.3) is 15.9 Å². The van der Waals surface area contributed by atoms with Crippen LogP contribution < -0.4 is 14.9 Å². The molecule has 1 aliphatic heterocycles. The Balaban J connectivity index is 1.61. The predicted molar refractivity (Wildman–Crippen MR) is 110 cm³/mol. The minimum Gasteiger partial charge on any atom is -0.349 e. The number of rotatable bonds is 7. The molecule has 0 unspecified atom stereocenters. The van der Waals surface area contributed by atoms with E-state index >= 15 is 0 Å². The minimum atomic E-state index is -3.94. The normalized spacial score (nSPS) is 19.5.